The smallest absolute Gasteiger partial charge is 0.245 e. The minimum atomic E-state index is -3.52. The van der Waals surface area contributed by atoms with Crippen LogP contribution in [0.5, 0.6) is 0 Å². The monoisotopic (exact) mass is 339 g/mol. The molecule has 0 aliphatic heterocycles. The Morgan fingerprint density at radius 2 is 1.95 bits per heavy atom. The van der Waals surface area contributed by atoms with Crippen LogP contribution in [-0.2, 0) is 23.3 Å². The number of hydrogen-bond acceptors (Lipinski definition) is 4. The Balaban J connectivity index is 1.96. The molecule has 0 aliphatic rings. The van der Waals surface area contributed by atoms with Gasteiger partial charge < -0.3 is 0 Å². The SMILES string of the molecule is CC(C)c1nc(CN(C)S(=O)(=O)NCc2ccccc2)cs1. The summed E-state index contributed by atoms with van der Waals surface area (Å²) in [5.74, 6) is 0.358. The molecule has 7 heteroatoms. The summed E-state index contributed by atoms with van der Waals surface area (Å²) in [5.41, 5.74) is 1.71. The summed E-state index contributed by atoms with van der Waals surface area (Å²) in [6, 6.07) is 9.44. The lowest BCUT2D eigenvalue weighted by molar-refractivity contribution is 0.451. The minimum absolute atomic E-state index is 0.271. The predicted molar refractivity (Wildman–Crippen MR) is 89.9 cm³/mol. The van der Waals surface area contributed by atoms with Gasteiger partial charge in [0.25, 0.3) is 10.2 Å². The Morgan fingerprint density at radius 1 is 1.27 bits per heavy atom. The lowest BCUT2D eigenvalue weighted by Crippen LogP contribution is -2.37. The van der Waals surface area contributed by atoms with Gasteiger partial charge in [0.1, 0.15) is 0 Å². The number of benzene rings is 1. The molecule has 1 N–H and O–H groups in total. The van der Waals surface area contributed by atoms with E-state index in [1.165, 1.54) is 4.31 Å². The topological polar surface area (TPSA) is 62.3 Å². The quantitative estimate of drug-likeness (QED) is 0.844. The van der Waals surface area contributed by atoms with E-state index in [0.717, 1.165) is 16.3 Å². The van der Waals surface area contributed by atoms with E-state index in [1.54, 1.807) is 18.4 Å². The van der Waals surface area contributed by atoms with Gasteiger partial charge in [-0.25, -0.2) is 4.98 Å². The first-order chi connectivity index (χ1) is 10.4. The van der Waals surface area contributed by atoms with Crippen LogP contribution in [0.1, 0.15) is 36.0 Å². The number of nitrogens with zero attached hydrogens (tertiary/aromatic N) is 2. The van der Waals surface area contributed by atoms with Crippen molar-refractivity contribution in [3.63, 3.8) is 0 Å². The molecule has 0 bridgehead atoms. The Labute approximate surface area is 136 Å². The number of thiazole rings is 1. The number of aromatic nitrogens is 1. The van der Waals surface area contributed by atoms with Crippen LogP contribution in [0.15, 0.2) is 35.7 Å². The summed E-state index contributed by atoms with van der Waals surface area (Å²) in [6.07, 6.45) is 0. The van der Waals surface area contributed by atoms with Crippen molar-refractivity contribution in [1.82, 2.24) is 14.0 Å². The fourth-order valence-electron chi connectivity index (χ4n) is 1.85. The maximum absolute atomic E-state index is 12.2. The van der Waals surface area contributed by atoms with Crippen molar-refractivity contribution < 1.29 is 8.42 Å². The van der Waals surface area contributed by atoms with Crippen molar-refractivity contribution in [1.29, 1.82) is 0 Å². The molecule has 1 heterocycles. The molecular formula is C15H21N3O2S2. The van der Waals surface area contributed by atoms with Gasteiger partial charge in [-0.3, -0.25) is 0 Å². The summed E-state index contributed by atoms with van der Waals surface area (Å²) < 4.78 is 28.4. The van der Waals surface area contributed by atoms with Gasteiger partial charge >= 0.3 is 0 Å². The van der Waals surface area contributed by atoms with Crippen molar-refractivity contribution in [2.45, 2.75) is 32.9 Å². The third kappa shape index (κ3) is 4.61. The van der Waals surface area contributed by atoms with Gasteiger partial charge in [0.2, 0.25) is 0 Å². The second-order valence-corrected chi connectivity index (χ2v) is 8.15. The Bertz CT molecular complexity index is 697. The van der Waals surface area contributed by atoms with Gasteiger partial charge in [-0.1, -0.05) is 44.2 Å². The molecule has 0 aliphatic carbocycles. The zero-order valence-corrected chi connectivity index (χ0v) is 14.6. The number of nitrogens with one attached hydrogen (secondary N) is 1. The van der Waals surface area contributed by atoms with Gasteiger partial charge in [-0.15, -0.1) is 11.3 Å². The molecule has 0 fully saturated rings. The Hall–Kier alpha value is -1.28. The van der Waals surface area contributed by atoms with E-state index in [1.807, 2.05) is 35.7 Å². The molecule has 0 radical (unpaired) electrons. The van der Waals surface area contributed by atoms with E-state index in [0.29, 0.717) is 5.92 Å². The Morgan fingerprint density at radius 3 is 2.55 bits per heavy atom. The van der Waals surface area contributed by atoms with E-state index in [2.05, 4.69) is 23.6 Å². The standard InChI is InChI=1S/C15H21N3O2S2/c1-12(2)15-17-14(11-21-15)10-18(3)22(19,20)16-9-13-7-5-4-6-8-13/h4-8,11-12,16H,9-10H2,1-3H3. The van der Waals surface area contributed by atoms with Crippen LogP contribution in [0, 0.1) is 0 Å². The van der Waals surface area contributed by atoms with E-state index >= 15 is 0 Å². The van der Waals surface area contributed by atoms with Gasteiger partial charge in [0.15, 0.2) is 0 Å². The molecule has 2 rings (SSSR count). The lowest BCUT2D eigenvalue weighted by Gasteiger charge is -2.16. The van der Waals surface area contributed by atoms with E-state index in [9.17, 15) is 8.42 Å². The molecule has 2 aromatic rings. The highest BCUT2D eigenvalue weighted by molar-refractivity contribution is 7.87. The summed E-state index contributed by atoms with van der Waals surface area (Å²) in [4.78, 5) is 4.47. The van der Waals surface area contributed by atoms with Crippen LogP contribution in [0.25, 0.3) is 0 Å². The van der Waals surface area contributed by atoms with Gasteiger partial charge in [0, 0.05) is 24.9 Å². The van der Waals surface area contributed by atoms with Crippen molar-refractivity contribution in [2.24, 2.45) is 0 Å². The normalized spacial score (nSPS) is 12.2. The zero-order valence-electron chi connectivity index (χ0n) is 13.0. The average molecular weight is 339 g/mol. The van der Waals surface area contributed by atoms with Crippen LogP contribution in [0.3, 0.4) is 0 Å². The fourth-order valence-corrected chi connectivity index (χ4v) is 3.55. The molecule has 0 amide bonds. The van der Waals surface area contributed by atoms with Crippen molar-refractivity contribution in [3.8, 4) is 0 Å². The third-order valence-corrected chi connectivity index (χ3v) is 5.81. The number of rotatable bonds is 7. The van der Waals surface area contributed by atoms with Gasteiger partial charge in [-0.05, 0) is 5.56 Å². The highest BCUT2D eigenvalue weighted by Gasteiger charge is 2.19. The molecule has 0 unspecified atom stereocenters. The molecule has 0 saturated carbocycles. The first-order valence-corrected chi connectivity index (χ1v) is 9.39. The van der Waals surface area contributed by atoms with Crippen molar-refractivity contribution in [3.05, 3.63) is 52.0 Å². The molecular weight excluding hydrogens is 318 g/mol. The molecule has 120 valence electrons. The highest BCUT2D eigenvalue weighted by atomic mass is 32.2. The van der Waals surface area contributed by atoms with E-state index in [-0.39, 0.29) is 13.1 Å². The first-order valence-electron chi connectivity index (χ1n) is 7.07. The van der Waals surface area contributed by atoms with Gasteiger partial charge in [-0.2, -0.15) is 17.4 Å². The third-order valence-electron chi connectivity index (χ3n) is 3.16. The first kappa shape index (κ1) is 17.1. The van der Waals surface area contributed by atoms with Crippen LogP contribution < -0.4 is 4.72 Å². The van der Waals surface area contributed by atoms with Crippen LogP contribution in [-0.4, -0.2) is 24.8 Å². The second-order valence-electron chi connectivity index (χ2n) is 5.40. The molecule has 5 nitrogen and oxygen atoms in total. The van der Waals surface area contributed by atoms with E-state index in [4.69, 9.17) is 0 Å². The van der Waals surface area contributed by atoms with Crippen LogP contribution in [0.2, 0.25) is 0 Å². The van der Waals surface area contributed by atoms with Crippen molar-refractivity contribution in [2.75, 3.05) is 7.05 Å². The molecule has 1 aromatic carbocycles. The highest BCUT2D eigenvalue weighted by Crippen LogP contribution is 2.20. The summed E-state index contributed by atoms with van der Waals surface area (Å²) in [6.45, 7) is 4.70. The molecule has 22 heavy (non-hydrogen) atoms. The maximum atomic E-state index is 12.2. The molecule has 0 spiro atoms. The average Bonchev–Trinajstić information content (AvgIpc) is 2.95. The largest absolute Gasteiger partial charge is 0.279 e. The van der Waals surface area contributed by atoms with Crippen LogP contribution >= 0.6 is 11.3 Å². The van der Waals surface area contributed by atoms with Crippen molar-refractivity contribution >= 4 is 21.5 Å². The maximum Gasteiger partial charge on any atom is 0.279 e. The predicted octanol–water partition coefficient (Wildman–Crippen LogP) is 2.73. The molecule has 0 atom stereocenters. The summed E-state index contributed by atoms with van der Waals surface area (Å²) in [5, 5.41) is 2.94. The second kappa shape index (κ2) is 7.32. The summed E-state index contributed by atoms with van der Waals surface area (Å²) in [7, 11) is -1.96. The number of hydrogen-bond donors (Lipinski definition) is 1. The minimum Gasteiger partial charge on any atom is -0.245 e. The lowest BCUT2D eigenvalue weighted by atomic mass is 10.2. The van der Waals surface area contributed by atoms with Crippen LogP contribution in [0.4, 0.5) is 0 Å². The zero-order chi connectivity index (χ0) is 16.2. The Kier molecular flexibility index (Phi) is 5.69. The molecule has 0 saturated heterocycles. The molecule has 1 aromatic heterocycles. The fraction of sp³-hybridized carbons (Fsp3) is 0.400. The van der Waals surface area contributed by atoms with Gasteiger partial charge in [0.05, 0.1) is 17.2 Å². The van der Waals surface area contributed by atoms with E-state index < -0.39 is 10.2 Å². The summed E-state index contributed by atoms with van der Waals surface area (Å²) >= 11 is 1.57.